The lowest BCUT2D eigenvalue weighted by Gasteiger charge is -2.39. The molecule has 1 fully saturated rings. The van der Waals surface area contributed by atoms with Crippen LogP contribution in [0, 0.1) is 0 Å². The van der Waals surface area contributed by atoms with Crippen molar-refractivity contribution in [3.63, 3.8) is 0 Å². The van der Waals surface area contributed by atoms with Crippen molar-refractivity contribution in [1.82, 2.24) is 9.47 Å². The Morgan fingerprint density at radius 3 is 2.66 bits per heavy atom. The first-order valence-corrected chi connectivity index (χ1v) is 16.4. The fraction of sp³-hybridized carbons (Fsp3) is 0.545. The van der Waals surface area contributed by atoms with E-state index in [2.05, 4.69) is 33.0 Å². The molecule has 4 aliphatic rings. The van der Waals surface area contributed by atoms with Gasteiger partial charge < -0.3 is 14.6 Å². The molecule has 1 amide bonds. The first kappa shape index (κ1) is 26.9. The number of esters is 1. The third kappa shape index (κ3) is 4.73. The van der Waals surface area contributed by atoms with Gasteiger partial charge in [0.2, 0.25) is 5.91 Å². The van der Waals surface area contributed by atoms with E-state index in [0.29, 0.717) is 34.2 Å². The summed E-state index contributed by atoms with van der Waals surface area (Å²) in [5.74, 6) is 0.141. The Labute approximate surface area is 245 Å². The van der Waals surface area contributed by atoms with Crippen LogP contribution in [0.5, 0.6) is 0 Å². The van der Waals surface area contributed by atoms with Crippen molar-refractivity contribution in [2.24, 2.45) is 0 Å². The summed E-state index contributed by atoms with van der Waals surface area (Å²) < 4.78 is 7.84. The van der Waals surface area contributed by atoms with Crippen LogP contribution in [0.1, 0.15) is 119 Å². The monoisotopic (exact) mass is 573 g/mol. The number of thiophene rings is 1. The third-order valence-electron chi connectivity index (χ3n) is 9.75. The van der Waals surface area contributed by atoms with E-state index in [0.717, 1.165) is 44.3 Å². The van der Waals surface area contributed by atoms with Crippen LogP contribution in [-0.4, -0.2) is 46.8 Å². The summed E-state index contributed by atoms with van der Waals surface area (Å²) in [4.78, 5) is 41.9. The number of ketones is 1. The fourth-order valence-corrected chi connectivity index (χ4v) is 9.12. The number of anilines is 1. The summed E-state index contributed by atoms with van der Waals surface area (Å²) in [5.41, 5.74) is 6.85. The van der Waals surface area contributed by atoms with E-state index in [9.17, 15) is 14.4 Å². The quantitative estimate of drug-likeness (QED) is 0.329. The molecule has 41 heavy (non-hydrogen) atoms. The molecule has 3 aromatic rings. The minimum absolute atomic E-state index is 0.0486. The SMILES string of the molecule is CCOC(=O)c1c(NC(=O)CN2CCn3c4c(c5cc(C6CCCCC6)ccc53)CCCC42)sc2c1CCCC2=O. The highest BCUT2D eigenvalue weighted by molar-refractivity contribution is 7.18. The van der Waals surface area contributed by atoms with Crippen LogP contribution >= 0.6 is 11.3 Å². The second-order valence-electron chi connectivity index (χ2n) is 12.2. The van der Waals surface area contributed by atoms with Crippen LogP contribution in [-0.2, 0) is 28.9 Å². The molecule has 1 unspecified atom stereocenters. The van der Waals surface area contributed by atoms with Gasteiger partial charge >= 0.3 is 5.97 Å². The highest BCUT2D eigenvalue weighted by Gasteiger charge is 2.37. The number of carbonyl (C=O) groups is 3. The summed E-state index contributed by atoms with van der Waals surface area (Å²) in [5, 5.41) is 4.91. The Morgan fingerprint density at radius 1 is 1.00 bits per heavy atom. The largest absolute Gasteiger partial charge is 0.462 e. The Bertz CT molecular complexity index is 1530. The number of ether oxygens (including phenoxy) is 1. The number of hydrogen-bond donors (Lipinski definition) is 1. The molecule has 2 aromatic heterocycles. The van der Waals surface area contributed by atoms with Crippen molar-refractivity contribution in [1.29, 1.82) is 0 Å². The van der Waals surface area contributed by atoms with Gasteiger partial charge in [0.25, 0.3) is 0 Å². The van der Waals surface area contributed by atoms with Gasteiger partial charge in [-0.05, 0) is 86.6 Å². The lowest BCUT2D eigenvalue weighted by atomic mass is 9.83. The van der Waals surface area contributed by atoms with Crippen LogP contribution in [0.2, 0.25) is 0 Å². The van der Waals surface area contributed by atoms with Gasteiger partial charge in [0, 0.05) is 36.1 Å². The molecule has 216 valence electrons. The van der Waals surface area contributed by atoms with Crippen molar-refractivity contribution in [3.05, 3.63) is 51.0 Å². The molecular weight excluding hydrogens is 534 g/mol. The number of aromatic nitrogens is 1. The van der Waals surface area contributed by atoms with Crippen LogP contribution in [0.15, 0.2) is 18.2 Å². The standard InChI is InChI=1S/C33H39N3O4S/c1-2-40-33(39)29-23-11-7-13-27(37)31(23)41-32(29)34-28(38)19-35-16-17-36-25-15-14-21(20-8-4-3-5-9-20)18-24(25)22-10-6-12-26(35)30(22)36/h14-15,18,20,26H,2-13,16-17,19H2,1H3,(H,34,38). The third-order valence-corrected chi connectivity index (χ3v) is 10.9. The molecule has 1 N–H and O–H groups in total. The van der Waals surface area contributed by atoms with Gasteiger partial charge in [-0.3, -0.25) is 14.5 Å². The summed E-state index contributed by atoms with van der Waals surface area (Å²) in [6.07, 6.45) is 11.8. The van der Waals surface area contributed by atoms with E-state index in [-0.39, 0.29) is 30.9 Å². The smallest absolute Gasteiger partial charge is 0.341 e. The molecule has 0 bridgehead atoms. The number of benzene rings is 1. The number of aryl methyl sites for hydroxylation is 1. The van der Waals surface area contributed by atoms with Crippen LogP contribution < -0.4 is 5.32 Å². The maximum atomic E-state index is 13.5. The Kier molecular flexibility index (Phi) is 7.23. The predicted octanol–water partition coefficient (Wildman–Crippen LogP) is 6.78. The van der Waals surface area contributed by atoms with Gasteiger partial charge in [-0.1, -0.05) is 25.3 Å². The molecule has 1 aromatic carbocycles. The van der Waals surface area contributed by atoms with E-state index in [4.69, 9.17) is 4.74 Å². The molecule has 7 nitrogen and oxygen atoms in total. The second-order valence-corrected chi connectivity index (χ2v) is 13.2. The lowest BCUT2D eigenvalue weighted by molar-refractivity contribution is -0.118. The van der Waals surface area contributed by atoms with Crippen molar-refractivity contribution >= 4 is 44.9 Å². The zero-order valence-electron chi connectivity index (χ0n) is 23.9. The topological polar surface area (TPSA) is 80.6 Å². The summed E-state index contributed by atoms with van der Waals surface area (Å²) >= 11 is 1.23. The number of hydrogen-bond acceptors (Lipinski definition) is 6. The number of fused-ring (bicyclic) bond motifs is 4. The van der Waals surface area contributed by atoms with Crippen molar-refractivity contribution in [3.8, 4) is 0 Å². The van der Waals surface area contributed by atoms with Gasteiger partial charge in [0.15, 0.2) is 5.78 Å². The molecule has 8 heteroatoms. The van der Waals surface area contributed by atoms with Gasteiger partial charge in [-0.25, -0.2) is 4.79 Å². The first-order valence-electron chi connectivity index (χ1n) is 15.6. The lowest BCUT2D eigenvalue weighted by Crippen LogP contribution is -2.43. The van der Waals surface area contributed by atoms with E-state index >= 15 is 0 Å². The summed E-state index contributed by atoms with van der Waals surface area (Å²) in [7, 11) is 0. The molecule has 1 atom stereocenters. The maximum Gasteiger partial charge on any atom is 0.341 e. The van der Waals surface area contributed by atoms with Crippen molar-refractivity contribution < 1.29 is 19.1 Å². The first-order chi connectivity index (χ1) is 20.0. The molecule has 0 radical (unpaired) electrons. The Hall–Kier alpha value is -2.97. The fourth-order valence-electron chi connectivity index (χ4n) is 7.90. The Morgan fingerprint density at radius 2 is 1.83 bits per heavy atom. The average molecular weight is 574 g/mol. The highest BCUT2D eigenvalue weighted by Crippen LogP contribution is 2.44. The van der Waals surface area contributed by atoms with Crippen molar-refractivity contribution in [2.75, 3.05) is 25.0 Å². The van der Waals surface area contributed by atoms with Gasteiger partial charge in [-0.15, -0.1) is 11.3 Å². The minimum Gasteiger partial charge on any atom is -0.462 e. The normalized spacial score (nSPS) is 21.0. The second kappa shape index (κ2) is 11.0. The number of nitrogens with one attached hydrogen (secondary N) is 1. The summed E-state index contributed by atoms with van der Waals surface area (Å²) in [6.45, 7) is 3.96. The number of nitrogens with zero attached hydrogens (tertiary/aromatic N) is 2. The molecule has 1 saturated carbocycles. The van der Waals surface area contributed by atoms with Crippen LogP contribution in [0.4, 0.5) is 5.00 Å². The van der Waals surface area contributed by atoms with Crippen LogP contribution in [0.25, 0.3) is 10.9 Å². The molecule has 7 rings (SSSR count). The zero-order chi connectivity index (χ0) is 28.1. The zero-order valence-corrected chi connectivity index (χ0v) is 24.7. The predicted molar refractivity (Wildman–Crippen MR) is 161 cm³/mol. The molecule has 0 spiro atoms. The van der Waals surface area contributed by atoms with Crippen LogP contribution in [0.3, 0.4) is 0 Å². The van der Waals surface area contributed by atoms with Gasteiger partial charge in [0.1, 0.15) is 5.00 Å². The highest BCUT2D eigenvalue weighted by atomic mass is 32.1. The Balaban J connectivity index is 1.14. The van der Waals surface area contributed by atoms with E-state index in [1.165, 1.54) is 71.2 Å². The van der Waals surface area contributed by atoms with Gasteiger partial charge in [-0.2, -0.15) is 0 Å². The maximum absolute atomic E-state index is 13.5. The number of amides is 1. The summed E-state index contributed by atoms with van der Waals surface area (Å²) in [6, 6.07) is 7.43. The van der Waals surface area contributed by atoms with E-state index < -0.39 is 5.97 Å². The van der Waals surface area contributed by atoms with E-state index in [1.54, 1.807) is 6.92 Å². The molecule has 3 aliphatic carbocycles. The molecule has 0 saturated heterocycles. The van der Waals surface area contributed by atoms with Crippen molar-refractivity contribution in [2.45, 2.75) is 96.1 Å². The molecule has 3 heterocycles. The average Bonchev–Trinajstić information content (AvgIpc) is 3.52. The number of carbonyl (C=O) groups excluding carboxylic acids is 3. The molecule has 1 aliphatic heterocycles. The minimum atomic E-state index is -0.456. The number of Topliss-reactive ketones (excluding diaryl/α,β-unsaturated/α-hetero) is 1. The molecular formula is C33H39N3O4S. The van der Waals surface area contributed by atoms with E-state index in [1.807, 2.05) is 0 Å². The number of rotatable bonds is 6. The van der Waals surface area contributed by atoms with Gasteiger partial charge in [0.05, 0.1) is 29.6 Å².